The van der Waals surface area contributed by atoms with E-state index < -0.39 is 12.1 Å². The summed E-state index contributed by atoms with van der Waals surface area (Å²) in [6.07, 6.45) is 2.67. The summed E-state index contributed by atoms with van der Waals surface area (Å²) in [5.41, 5.74) is 5.77. The van der Waals surface area contributed by atoms with Crippen molar-refractivity contribution in [2.24, 2.45) is 0 Å². The van der Waals surface area contributed by atoms with E-state index in [1.54, 1.807) is 20.4 Å². The number of fused-ring (bicyclic) bond motifs is 7. The predicted octanol–water partition coefficient (Wildman–Crippen LogP) is 3.19. The SMILES string of the molecule is COc1c(C)c(OC)c2c(c1O)[C@H]1[C@@H]3Cc4c(OC)c(C)c(CO)c(O)c4[C@H](CNCc4ccccn4)N3[C@@H](C#N)[C@H](C2)N1C. The number of pyridine rings is 1. The van der Waals surface area contributed by atoms with Gasteiger partial charge in [0.05, 0.1) is 51.8 Å². The molecule has 5 atom stereocenters. The maximum atomic E-state index is 11.8. The van der Waals surface area contributed by atoms with Crippen LogP contribution in [-0.2, 0) is 26.0 Å². The van der Waals surface area contributed by atoms with Crippen LogP contribution in [0.3, 0.4) is 0 Å². The molecule has 3 aliphatic heterocycles. The molecule has 1 saturated heterocycles. The standard InChI is InChI=1S/C34H41N5O6/c1-17-22(16-40)30(41)27-20(32(17)43-4)12-24-29-28-21(33(44-5)18(2)34(45-6)31(28)42)11-23(38(29)3)25(13-35)39(24)26(27)15-36-14-19-9-7-8-10-37-19/h7-10,23-26,29,36,40-42H,11-12,14-16H2,1-6H3/t23-,24-,25-,26-,29+/m0/s1. The lowest BCUT2D eigenvalue weighted by Gasteiger charge is -2.60. The van der Waals surface area contributed by atoms with Gasteiger partial charge in [-0.1, -0.05) is 6.07 Å². The summed E-state index contributed by atoms with van der Waals surface area (Å²) >= 11 is 0. The number of phenolic OH excluding ortho intramolecular Hbond substituents is 1. The minimum Gasteiger partial charge on any atom is -0.507 e. The van der Waals surface area contributed by atoms with Crippen LogP contribution < -0.4 is 19.5 Å². The predicted molar refractivity (Wildman–Crippen MR) is 167 cm³/mol. The van der Waals surface area contributed by atoms with Gasteiger partial charge in [-0.15, -0.1) is 0 Å². The molecular formula is C34H41N5O6. The first-order valence-electron chi connectivity index (χ1n) is 15.2. The lowest BCUT2D eigenvalue weighted by atomic mass is 9.71. The molecule has 0 amide bonds. The van der Waals surface area contributed by atoms with Crippen LogP contribution in [0.4, 0.5) is 0 Å². The maximum Gasteiger partial charge on any atom is 0.167 e. The molecule has 0 saturated carbocycles. The molecule has 11 heteroatoms. The number of benzene rings is 2. The second-order valence-corrected chi connectivity index (χ2v) is 12.1. The summed E-state index contributed by atoms with van der Waals surface area (Å²) < 4.78 is 17.6. The molecule has 0 aliphatic carbocycles. The van der Waals surface area contributed by atoms with Crippen molar-refractivity contribution in [1.82, 2.24) is 20.1 Å². The van der Waals surface area contributed by atoms with Gasteiger partial charge in [-0.05, 0) is 45.9 Å². The normalized spacial score (nSPS) is 23.8. The minimum atomic E-state index is -0.558. The van der Waals surface area contributed by atoms with E-state index in [-0.39, 0.29) is 36.2 Å². The molecule has 0 radical (unpaired) electrons. The average molecular weight is 616 g/mol. The summed E-state index contributed by atoms with van der Waals surface area (Å²) in [5, 5.41) is 48.2. The van der Waals surface area contributed by atoms with Gasteiger partial charge in [0.1, 0.15) is 23.3 Å². The number of hydrogen-bond acceptors (Lipinski definition) is 11. The molecule has 3 aromatic rings. The third kappa shape index (κ3) is 4.58. The highest BCUT2D eigenvalue weighted by molar-refractivity contribution is 5.66. The summed E-state index contributed by atoms with van der Waals surface area (Å²) in [6.45, 7) is 4.24. The number of nitriles is 1. The van der Waals surface area contributed by atoms with Crippen LogP contribution in [0.2, 0.25) is 0 Å². The van der Waals surface area contributed by atoms with Gasteiger partial charge in [0.15, 0.2) is 11.5 Å². The second-order valence-electron chi connectivity index (χ2n) is 12.1. The number of nitrogens with one attached hydrogen (secondary N) is 1. The second kappa shape index (κ2) is 12.0. The molecule has 4 heterocycles. The number of methoxy groups -OCH3 is 3. The molecular weight excluding hydrogens is 574 g/mol. The Kier molecular flexibility index (Phi) is 8.26. The van der Waals surface area contributed by atoms with Crippen LogP contribution >= 0.6 is 0 Å². The van der Waals surface area contributed by atoms with E-state index in [9.17, 15) is 20.6 Å². The van der Waals surface area contributed by atoms with Crippen LogP contribution in [-0.4, -0.2) is 83.2 Å². The van der Waals surface area contributed by atoms with E-state index >= 15 is 0 Å². The van der Waals surface area contributed by atoms with Crippen molar-refractivity contribution in [1.29, 1.82) is 5.26 Å². The van der Waals surface area contributed by atoms with Crippen LogP contribution in [0.1, 0.15) is 56.7 Å². The lowest BCUT2D eigenvalue weighted by molar-refractivity contribution is -0.0729. The highest BCUT2D eigenvalue weighted by Gasteiger charge is 2.56. The number of hydrogen-bond donors (Lipinski definition) is 4. The molecule has 45 heavy (non-hydrogen) atoms. The van der Waals surface area contributed by atoms with Crippen molar-refractivity contribution in [2.75, 3.05) is 34.9 Å². The lowest BCUT2D eigenvalue weighted by Crippen LogP contribution is -2.68. The van der Waals surface area contributed by atoms with Crippen LogP contribution in [0.15, 0.2) is 24.4 Å². The maximum absolute atomic E-state index is 11.8. The van der Waals surface area contributed by atoms with Gasteiger partial charge < -0.3 is 34.8 Å². The molecule has 238 valence electrons. The first-order valence-corrected chi connectivity index (χ1v) is 15.2. The molecule has 0 spiro atoms. The highest BCUT2D eigenvalue weighted by Crippen LogP contribution is 2.58. The van der Waals surface area contributed by atoms with Gasteiger partial charge in [0, 0.05) is 70.3 Å². The zero-order chi connectivity index (χ0) is 32.2. The summed E-state index contributed by atoms with van der Waals surface area (Å²) in [5.74, 6) is 1.75. The summed E-state index contributed by atoms with van der Waals surface area (Å²) in [7, 11) is 6.77. The topological polar surface area (TPSA) is 144 Å². The van der Waals surface area contributed by atoms with E-state index in [2.05, 4.69) is 26.2 Å². The Morgan fingerprint density at radius 2 is 1.62 bits per heavy atom. The Morgan fingerprint density at radius 3 is 2.24 bits per heavy atom. The zero-order valence-corrected chi connectivity index (χ0v) is 26.6. The quantitative estimate of drug-likeness (QED) is 0.297. The van der Waals surface area contributed by atoms with Crippen molar-refractivity contribution < 1.29 is 29.5 Å². The van der Waals surface area contributed by atoms with Crippen molar-refractivity contribution >= 4 is 0 Å². The molecule has 4 N–H and O–H groups in total. The average Bonchev–Trinajstić information content (AvgIpc) is 3.03. The number of aromatic hydroxyl groups is 2. The number of aromatic nitrogens is 1. The number of aliphatic hydroxyl groups excluding tert-OH is 1. The smallest absolute Gasteiger partial charge is 0.167 e. The first-order chi connectivity index (χ1) is 21.7. The van der Waals surface area contributed by atoms with E-state index in [1.807, 2.05) is 39.1 Å². The molecule has 6 rings (SSSR count). The van der Waals surface area contributed by atoms with E-state index in [0.717, 1.165) is 22.4 Å². The van der Waals surface area contributed by atoms with Gasteiger partial charge in [0.2, 0.25) is 0 Å². The van der Waals surface area contributed by atoms with Crippen molar-refractivity contribution in [2.45, 2.75) is 70.0 Å². The van der Waals surface area contributed by atoms with E-state index in [4.69, 9.17) is 14.2 Å². The third-order valence-electron chi connectivity index (χ3n) is 10.2. The number of aliphatic hydroxyl groups is 1. The molecule has 1 fully saturated rings. The van der Waals surface area contributed by atoms with Gasteiger partial charge in [-0.3, -0.25) is 14.8 Å². The van der Waals surface area contributed by atoms with Gasteiger partial charge in [-0.2, -0.15) is 5.26 Å². The van der Waals surface area contributed by atoms with Crippen molar-refractivity contribution in [3.8, 4) is 34.8 Å². The number of piperazine rings is 1. The van der Waals surface area contributed by atoms with Crippen molar-refractivity contribution in [3.63, 3.8) is 0 Å². The van der Waals surface area contributed by atoms with Gasteiger partial charge >= 0.3 is 0 Å². The number of rotatable bonds is 8. The summed E-state index contributed by atoms with van der Waals surface area (Å²) in [6, 6.07) is 6.51. The summed E-state index contributed by atoms with van der Waals surface area (Å²) in [4.78, 5) is 8.86. The minimum absolute atomic E-state index is 0.0249. The van der Waals surface area contributed by atoms with E-state index in [1.165, 1.54) is 7.11 Å². The van der Waals surface area contributed by atoms with Gasteiger partial charge in [0.25, 0.3) is 0 Å². The fourth-order valence-corrected chi connectivity index (χ4v) is 8.27. The van der Waals surface area contributed by atoms with Gasteiger partial charge in [-0.25, -0.2) is 0 Å². The molecule has 11 nitrogen and oxygen atoms in total. The Morgan fingerprint density at radius 1 is 0.956 bits per heavy atom. The Bertz CT molecular complexity index is 1660. The third-order valence-corrected chi connectivity index (χ3v) is 10.2. The number of likely N-dealkylation sites (N-methyl/N-ethyl adjacent to an activating group) is 1. The molecule has 2 bridgehead atoms. The first kappa shape index (κ1) is 30.9. The monoisotopic (exact) mass is 615 g/mol. The largest absolute Gasteiger partial charge is 0.507 e. The molecule has 1 aromatic heterocycles. The number of nitrogens with zero attached hydrogens (tertiary/aromatic N) is 4. The van der Waals surface area contributed by atoms with Crippen LogP contribution in [0.25, 0.3) is 0 Å². The molecule has 3 aliphatic rings. The zero-order valence-electron chi connectivity index (χ0n) is 26.6. The Hall–Kier alpha value is -4.08. The van der Waals surface area contributed by atoms with Crippen molar-refractivity contribution in [3.05, 3.63) is 69.0 Å². The number of phenols is 2. The fraction of sp³-hybridized carbons (Fsp3) is 0.471. The van der Waals surface area contributed by atoms with Crippen LogP contribution in [0, 0.1) is 25.2 Å². The Balaban J connectivity index is 1.57. The highest BCUT2D eigenvalue weighted by atomic mass is 16.5. The molecule has 2 aromatic carbocycles. The van der Waals surface area contributed by atoms with E-state index in [0.29, 0.717) is 65.4 Å². The fourth-order valence-electron chi connectivity index (χ4n) is 8.27. The number of ether oxygens (including phenoxy) is 3. The van der Waals surface area contributed by atoms with Crippen LogP contribution in [0.5, 0.6) is 28.7 Å². The molecule has 0 unspecified atom stereocenters. The Labute approximate surface area is 263 Å².